The van der Waals surface area contributed by atoms with Crippen molar-refractivity contribution in [3.8, 4) is 0 Å². The summed E-state index contributed by atoms with van der Waals surface area (Å²) in [5.41, 5.74) is 0.805. The molecule has 0 saturated carbocycles. The summed E-state index contributed by atoms with van der Waals surface area (Å²) in [7, 11) is 0. The first-order valence-corrected chi connectivity index (χ1v) is 6.91. The molecule has 1 amide bonds. The van der Waals surface area contributed by atoms with Crippen LogP contribution in [0, 0.1) is 5.41 Å². The van der Waals surface area contributed by atoms with Gasteiger partial charge in [-0.3, -0.25) is 4.79 Å². The molecule has 1 aromatic rings. The van der Waals surface area contributed by atoms with Crippen LogP contribution in [0.4, 0.5) is 0 Å². The maximum Gasteiger partial charge on any atom is 0.227 e. The van der Waals surface area contributed by atoms with Crippen molar-refractivity contribution in [2.24, 2.45) is 5.41 Å². The van der Waals surface area contributed by atoms with Crippen LogP contribution >= 0.6 is 0 Å². The van der Waals surface area contributed by atoms with Crippen molar-refractivity contribution in [3.63, 3.8) is 0 Å². The van der Waals surface area contributed by atoms with Crippen molar-refractivity contribution in [1.82, 2.24) is 10.6 Å². The second-order valence-corrected chi connectivity index (χ2v) is 5.20. The molecule has 104 valence electrons. The number of carbonyl (C=O) groups is 1. The molecule has 0 unspecified atom stereocenters. The second-order valence-electron chi connectivity index (χ2n) is 5.20. The van der Waals surface area contributed by atoms with Gasteiger partial charge in [0.25, 0.3) is 0 Å². The highest BCUT2D eigenvalue weighted by Gasteiger charge is 2.39. The highest BCUT2D eigenvalue weighted by Crippen LogP contribution is 2.31. The van der Waals surface area contributed by atoms with E-state index in [-0.39, 0.29) is 17.9 Å². The van der Waals surface area contributed by atoms with E-state index in [1.807, 2.05) is 18.2 Å². The monoisotopic (exact) mass is 262 g/mol. The lowest BCUT2D eigenvalue weighted by molar-refractivity contribution is -0.132. The van der Waals surface area contributed by atoms with Gasteiger partial charge in [0.2, 0.25) is 5.91 Å². The predicted molar refractivity (Wildman–Crippen MR) is 74.8 cm³/mol. The van der Waals surface area contributed by atoms with Crippen LogP contribution in [0.15, 0.2) is 30.3 Å². The summed E-state index contributed by atoms with van der Waals surface area (Å²) in [6.07, 6.45) is 2.66. The van der Waals surface area contributed by atoms with E-state index >= 15 is 0 Å². The first-order valence-electron chi connectivity index (χ1n) is 6.91. The zero-order valence-electron chi connectivity index (χ0n) is 11.2. The quantitative estimate of drug-likeness (QED) is 0.732. The summed E-state index contributed by atoms with van der Waals surface area (Å²) >= 11 is 0. The van der Waals surface area contributed by atoms with E-state index in [1.165, 1.54) is 5.56 Å². The van der Waals surface area contributed by atoms with Crippen molar-refractivity contribution in [2.45, 2.75) is 19.3 Å². The minimum atomic E-state index is -0.380. The first-order chi connectivity index (χ1) is 9.27. The van der Waals surface area contributed by atoms with Crippen molar-refractivity contribution in [1.29, 1.82) is 0 Å². The van der Waals surface area contributed by atoms with Crippen LogP contribution in [0.2, 0.25) is 0 Å². The molecule has 0 spiro atoms. The van der Waals surface area contributed by atoms with Crippen molar-refractivity contribution in [2.75, 3.05) is 26.2 Å². The molecule has 1 aliphatic rings. The molecule has 1 atom stereocenters. The van der Waals surface area contributed by atoms with E-state index in [0.29, 0.717) is 13.1 Å². The molecule has 2 rings (SSSR count). The van der Waals surface area contributed by atoms with E-state index in [2.05, 4.69) is 22.8 Å². The Bertz CT molecular complexity index is 400. The number of aliphatic hydroxyl groups is 1. The van der Waals surface area contributed by atoms with Crippen LogP contribution in [-0.4, -0.2) is 37.3 Å². The van der Waals surface area contributed by atoms with Gasteiger partial charge in [-0.05, 0) is 31.4 Å². The zero-order valence-corrected chi connectivity index (χ0v) is 11.2. The summed E-state index contributed by atoms with van der Waals surface area (Å²) < 4.78 is 0. The normalized spacial score (nSPS) is 23.0. The number of hydrogen-bond donors (Lipinski definition) is 3. The van der Waals surface area contributed by atoms with Crippen LogP contribution in [0.1, 0.15) is 18.4 Å². The van der Waals surface area contributed by atoms with E-state index in [4.69, 9.17) is 5.11 Å². The molecular formula is C15H22N2O2. The van der Waals surface area contributed by atoms with Crippen LogP contribution < -0.4 is 10.6 Å². The topological polar surface area (TPSA) is 61.4 Å². The lowest BCUT2D eigenvalue weighted by Crippen LogP contribution is -2.52. The predicted octanol–water partition coefficient (Wildman–Crippen LogP) is 0.707. The van der Waals surface area contributed by atoms with Gasteiger partial charge in [0.05, 0.1) is 12.0 Å². The van der Waals surface area contributed by atoms with Gasteiger partial charge in [0, 0.05) is 13.1 Å². The van der Waals surface area contributed by atoms with Crippen molar-refractivity contribution >= 4 is 5.91 Å². The average molecular weight is 262 g/mol. The SMILES string of the molecule is O=C(NCCO)[C@]1(Cc2ccccc2)CCCNC1. The molecule has 4 heteroatoms. The highest BCUT2D eigenvalue weighted by atomic mass is 16.3. The van der Waals surface area contributed by atoms with E-state index in [9.17, 15) is 4.79 Å². The first kappa shape index (κ1) is 14.0. The molecule has 1 aliphatic heterocycles. The second kappa shape index (κ2) is 6.68. The smallest absolute Gasteiger partial charge is 0.227 e. The molecule has 1 saturated heterocycles. The van der Waals surface area contributed by atoms with Gasteiger partial charge in [0.15, 0.2) is 0 Å². The molecule has 0 radical (unpaired) electrons. The van der Waals surface area contributed by atoms with Gasteiger partial charge >= 0.3 is 0 Å². The molecule has 3 N–H and O–H groups in total. The van der Waals surface area contributed by atoms with Gasteiger partial charge in [-0.15, -0.1) is 0 Å². The largest absolute Gasteiger partial charge is 0.395 e. The number of hydrogen-bond acceptors (Lipinski definition) is 3. The molecule has 1 aromatic carbocycles. The lowest BCUT2D eigenvalue weighted by atomic mass is 9.75. The Kier molecular flexibility index (Phi) is 4.93. The molecule has 4 nitrogen and oxygen atoms in total. The van der Waals surface area contributed by atoms with Crippen LogP contribution in [0.25, 0.3) is 0 Å². The third-order valence-electron chi connectivity index (χ3n) is 3.74. The summed E-state index contributed by atoms with van der Waals surface area (Å²) in [5.74, 6) is 0.0533. The minimum absolute atomic E-state index is 0.0133. The minimum Gasteiger partial charge on any atom is -0.395 e. The van der Waals surface area contributed by atoms with E-state index in [0.717, 1.165) is 25.8 Å². The number of amides is 1. The van der Waals surface area contributed by atoms with Gasteiger partial charge in [-0.25, -0.2) is 0 Å². The Morgan fingerprint density at radius 3 is 2.79 bits per heavy atom. The lowest BCUT2D eigenvalue weighted by Gasteiger charge is -2.36. The van der Waals surface area contributed by atoms with Crippen LogP contribution in [0.3, 0.4) is 0 Å². The molecule has 19 heavy (non-hydrogen) atoms. The van der Waals surface area contributed by atoms with E-state index < -0.39 is 0 Å². The number of carbonyl (C=O) groups excluding carboxylic acids is 1. The standard InChI is InChI=1S/C15H22N2O2/c18-10-9-17-14(19)15(7-4-8-16-12-15)11-13-5-2-1-3-6-13/h1-3,5-6,16,18H,4,7-12H2,(H,17,19)/t15-/m0/s1. The summed E-state index contributed by atoms with van der Waals surface area (Å²) in [4.78, 5) is 12.4. The van der Waals surface area contributed by atoms with Crippen LogP contribution in [0.5, 0.6) is 0 Å². The number of nitrogens with one attached hydrogen (secondary N) is 2. The average Bonchev–Trinajstić information content (AvgIpc) is 2.46. The molecule has 0 bridgehead atoms. The summed E-state index contributed by atoms with van der Waals surface area (Å²) in [6.45, 7) is 2.00. The Balaban J connectivity index is 2.12. The maximum atomic E-state index is 12.4. The fourth-order valence-corrected chi connectivity index (χ4v) is 2.74. The highest BCUT2D eigenvalue weighted by molar-refractivity contribution is 5.83. The molecule has 1 heterocycles. The third kappa shape index (κ3) is 3.55. The van der Waals surface area contributed by atoms with E-state index in [1.54, 1.807) is 0 Å². The number of benzene rings is 1. The molecule has 0 aromatic heterocycles. The Morgan fingerprint density at radius 1 is 1.37 bits per heavy atom. The van der Waals surface area contributed by atoms with Gasteiger partial charge < -0.3 is 15.7 Å². The Labute approximate surface area is 114 Å². The summed E-state index contributed by atoms with van der Waals surface area (Å²) in [6, 6.07) is 10.1. The fraction of sp³-hybridized carbons (Fsp3) is 0.533. The fourth-order valence-electron chi connectivity index (χ4n) is 2.74. The third-order valence-corrected chi connectivity index (χ3v) is 3.74. The summed E-state index contributed by atoms with van der Waals surface area (Å²) in [5, 5.41) is 15.0. The van der Waals surface area contributed by atoms with Gasteiger partial charge in [0.1, 0.15) is 0 Å². The Morgan fingerprint density at radius 2 is 2.16 bits per heavy atom. The number of rotatable bonds is 5. The number of aliphatic hydroxyl groups excluding tert-OH is 1. The Hall–Kier alpha value is -1.39. The number of piperidine rings is 1. The molecule has 1 fully saturated rings. The zero-order chi connectivity index (χ0) is 13.6. The van der Waals surface area contributed by atoms with Gasteiger partial charge in [-0.2, -0.15) is 0 Å². The van der Waals surface area contributed by atoms with Crippen LogP contribution in [-0.2, 0) is 11.2 Å². The molecule has 0 aliphatic carbocycles. The van der Waals surface area contributed by atoms with Crippen molar-refractivity contribution in [3.05, 3.63) is 35.9 Å². The van der Waals surface area contributed by atoms with Crippen molar-refractivity contribution < 1.29 is 9.90 Å². The maximum absolute atomic E-state index is 12.4. The van der Waals surface area contributed by atoms with Gasteiger partial charge in [-0.1, -0.05) is 30.3 Å². The molecular weight excluding hydrogens is 240 g/mol.